The lowest BCUT2D eigenvalue weighted by Crippen LogP contribution is -2.60. The van der Waals surface area contributed by atoms with Gasteiger partial charge in [-0.3, -0.25) is 24.0 Å². The minimum absolute atomic E-state index is 0.0655. The van der Waals surface area contributed by atoms with Crippen LogP contribution in [0.25, 0.3) is 0 Å². The van der Waals surface area contributed by atoms with Crippen molar-refractivity contribution in [2.75, 3.05) is 32.7 Å². The number of carbonyl (C=O) groups excluding carboxylic acids is 3. The van der Waals surface area contributed by atoms with E-state index >= 15 is 0 Å². The third kappa shape index (κ3) is 6.81. The molecule has 2 N–H and O–H groups in total. The zero-order chi connectivity index (χ0) is 27.1. The standard InChI is InChI=1S/C29H42N6O3/c1-22(2)12-16-35-20-26(36)32-29(13-8-10-24-9-4-5-11-25(24)29)28(38)30-14-6-7-15-34(21-27(35)37)19-23-17-31-33(3)18-23/h4-5,9,11,17-18,22H,6-8,10,12-16,19-21H2,1-3H3,(H,30,38)(H,32,36). The maximum atomic E-state index is 13.7. The van der Waals surface area contributed by atoms with E-state index in [4.69, 9.17) is 0 Å². The molecule has 1 aliphatic heterocycles. The van der Waals surface area contributed by atoms with Gasteiger partial charge in [-0.2, -0.15) is 5.10 Å². The van der Waals surface area contributed by atoms with E-state index in [1.165, 1.54) is 0 Å². The topological polar surface area (TPSA) is 99.6 Å². The highest BCUT2D eigenvalue weighted by Crippen LogP contribution is 2.36. The second kappa shape index (κ2) is 12.6. The molecular weight excluding hydrogens is 480 g/mol. The van der Waals surface area contributed by atoms with Gasteiger partial charge in [0.25, 0.3) is 0 Å². The third-order valence-electron chi connectivity index (χ3n) is 7.59. The molecule has 1 aromatic heterocycles. The number of nitrogens with zero attached hydrogens (tertiary/aromatic N) is 4. The van der Waals surface area contributed by atoms with Gasteiger partial charge in [0.05, 0.1) is 19.3 Å². The van der Waals surface area contributed by atoms with Crippen LogP contribution >= 0.6 is 0 Å². The van der Waals surface area contributed by atoms with Crippen LogP contribution in [0, 0.1) is 5.92 Å². The van der Waals surface area contributed by atoms with Gasteiger partial charge in [0.15, 0.2) is 0 Å². The molecule has 206 valence electrons. The summed E-state index contributed by atoms with van der Waals surface area (Å²) in [6, 6.07) is 7.89. The fraction of sp³-hybridized carbons (Fsp3) is 0.586. The van der Waals surface area contributed by atoms with E-state index in [0.717, 1.165) is 48.8 Å². The number of amides is 3. The van der Waals surface area contributed by atoms with Gasteiger partial charge < -0.3 is 15.5 Å². The van der Waals surface area contributed by atoms with E-state index in [9.17, 15) is 14.4 Å². The molecule has 2 aromatic rings. The fourth-order valence-corrected chi connectivity index (χ4v) is 5.54. The summed E-state index contributed by atoms with van der Waals surface area (Å²) in [5, 5.41) is 10.5. The molecule has 1 saturated heterocycles. The Morgan fingerprint density at radius 2 is 1.89 bits per heavy atom. The summed E-state index contributed by atoms with van der Waals surface area (Å²) in [7, 11) is 1.88. The highest BCUT2D eigenvalue weighted by Gasteiger charge is 2.44. The third-order valence-corrected chi connectivity index (χ3v) is 7.59. The zero-order valence-corrected chi connectivity index (χ0v) is 23.0. The van der Waals surface area contributed by atoms with E-state index in [0.29, 0.717) is 38.5 Å². The Labute approximate surface area is 225 Å². The van der Waals surface area contributed by atoms with Gasteiger partial charge in [-0.15, -0.1) is 0 Å². The molecule has 0 bridgehead atoms. The van der Waals surface area contributed by atoms with Gasteiger partial charge in [-0.1, -0.05) is 38.1 Å². The molecule has 1 aliphatic carbocycles. The Balaban J connectivity index is 1.59. The van der Waals surface area contributed by atoms with E-state index in [-0.39, 0.29) is 30.8 Å². The first-order chi connectivity index (χ1) is 18.3. The molecule has 1 fully saturated rings. The monoisotopic (exact) mass is 522 g/mol. The highest BCUT2D eigenvalue weighted by atomic mass is 16.2. The van der Waals surface area contributed by atoms with E-state index < -0.39 is 5.54 Å². The number of hydrogen-bond donors (Lipinski definition) is 2. The van der Waals surface area contributed by atoms with Crippen LogP contribution in [0.2, 0.25) is 0 Å². The number of carbonyl (C=O) groups is 3. The minimum Gasteiger partial charge on any atom is -0.354 e. The zero-order valence-electron chi connectivity index (χ0n) is 23.0. The van der Waals surface area contributed by atoms with Crippen molar-refractivity contribution in [2.45, 2.75) is 64.5 Å². The molecule has 1 atom stereocenters. The molecule has 3 amide bonds. The Morgan fingerprint density at radius 1 is 1.08 bits per heavy atom. The van der Waals surface area contributed by atoms with Crippen molar-refractivity contribution >= 4 is 17.7 Å². The quantitative estimate of drug-likeness (QED) is 0.628. The van der Waals surface area contributed by atoms with Crippen molar-refractivity contribution in [3.8, 4) is 0 Å². The summed E-state index contributed by atoms with van der Waals surface area (Å²) >= 11 is 0. The average Bonchev–Trinajstić information content (AvgIpc) is 3.29. The Kier molecular flexibility index (Phi) is 9.20. The van der Waals surface area contributed by atoms with Gasteiger partial charge in [-0.05, 0) is 62.1 Å². The lowest BCUT2D eigenvalue weighted by atomic mass is 9.75. The summed E-state index contributed by atoms with van der Waals surface area (Å²) in [4.78, 5) is 44.6. The lowest BCUT2D eigenvalue weighted by Gasteiger charge is -2.39. The molecule has 4 rings (SSSR count). The number of nitrogens with one attached hydrogen (secondary N) is 2. The van der Waals surface area contributed by atoms with Crippen molar-refractivity contribution in [3.05, 3.63) is 53.3 Å². The van der Waals surface area contributed by atoms with Crippen LogP contribution in [0.1, 0.15) is 62.6 Å². The van der Waals surface area contributed by atoms with Crippen molar-refractivity contribution in [3.63, 3.8) is 0 Å². The van der Waals surface area contributed by atoms with Crippen LogP contribution in [0.3, 0.4) is 0 Å². The number of hydrogen-bond acceptors (Lipinski definition) is 5. The van der Waals surface area contributed by atoms with Crippen molar-refractivity contribution in [1.82, 2.24) is 30.2 Å². The molecule has 38 heavy (non-hydrogen) atoms. The molecule has 2 heterocycles. The number of fused-ring (bicyclic) bond motifs is 2. The van der Waals surface area contributed by atoms with Crippen molar-refractivity contribution in [2.24, 2.45) is 13.0 Å². The predicted octanol–water partition coefficient (Wildman–Crippen LogP) is 2.35. The molecule has 1 aromatic carbocycles. The summed E-state index contributed by atoms with van der Waals surface area (Å²) in [5.41, 5.74) is 1.88. The fourth-order valence-electron chi connectivity index (χ4n) is 5.54. The first-order valence-electron chi connectivity index (χ1n) is 13.9. The van der Waals surface area contributed by atoms with Crippen LogP contribution in [-0.2, 0) is 39.9 Å². The number of aryl methyl sites for hydroxylation is 2. The van der Waals surface area contributed by atoms with E-state index in [1.54, 1.807) is 9.58 Å². The summed E-state index contributed by atoms with van der Waals surface area (Å²) in [5.74, 6) is -0.135. The number of benzene rings is 1. The molecular formula is C29H42N6O3. The summed E-state index contributed by atoms with van der Waals surface area (Å²) in [6.45, 7) is 6.74. The number of rotatable bonds is 5. The molecule has 2 aliphatic rings. The normalized spacial score (nSPS) is 22.2. The summed E-state index contributed by atoms with van der Waals surface area (Å²) < 4.78 is 1.76. The Bertz CT molecular complexity index is 1130. The van der Waals surface area contributed by atoms with Crippen LogP contribution in [-0.4, -0.2) is 70.0 Å². The highest BCUT2D eigenvalue weighted by molar-refractivity contribution is 5.94. The molecule has 1 unspecified atom stereocenters. The van der Waals surface area contributed by atoms with Crippen LogP contribution in [0.5, 0.6) is 0 Å². The minimum atomic E-state index is -1.12. The van der Waals surface area contributed by atoms with Crippen LogP contribution in [0.15, 0.2) is 36.7 Å². The molecule has 9 nitrogen and oxygen atoms in total. The van der Waals surface area contributed by atoms with Gasteiger partial charge in [-0.25, -0.2) is 0 Å². The van der Waals surface area contributed by atoms with E-state index in [1.807, 2.05) is 43.7 Å². The number of aromatic nitrogens is 2. The van der Waals surface area contributed by atoms with Crippen molar-refractivity contribution in [1.29, 1.82) is 0 Å². The molecule has 1 spiro atoms. The first kappa shape index (κ1) is 27.8. The Morgan fingerprint density at radius 3 is 2.66 bits per heavy atom. The second-order valence-electron chi connectivity index (χ2n) is 11.2. The maximum Gasteiger partial charge on any atom is 0.250 e. The van der Waals surface area contributed by atoms with E-state index in [2.05, 4.69) is 34.5 Å². The lowest BCUT2D eigenvalue weighted by molar-refractivity contribution is -0.140. The maximum absolute atomic E-state index is 13.7. The second-order valence-corrected chi connectivity index (χ2v) is 11.2. The SMILES string of the molecule is CC(C)CCN1CC(=O)NC2(CCCc3ccccc32)C(=O)NCCCCN(Cc2cnn(C)c2)CC1=O. The van der Waals surface area contributed by atoms with Gasteiger partial charge in [0.1, 0.15) is 5.54 Å². The van der Waals surface area contributed by atoms with Gasteiger partial charge in [0.2, 0.25) is 17.7 Å². The summed E-state index contributed by atoms with van der Waals surface area (Å²) in [6.07, 6.45) is 8.44. The first-order valence-corrected chi connectivity index (χ1v) is 13.9. The Hall–Kier alpha value is -3.20. The molecule has 0 radical (unpaired) electrons. The smallest absolute Gasteiger partial charge is 0.250 e. The van der Waals surface area contributed by atoms with Crippen LogP contribution in [0.4, 0.5) is 0 Å². The van der Waals surface area contributed by atoms with Gasteiger partial charge >= 0.3 is 0 Å². The van der Waals surface area contributed by atoms with Crippen molar-refractivity contribution < 1.29 is 14.4 Å². The largest absolute Gasteiger partial charge is 0.354 e. The molecule has 9 heteroatoms. The average molecular weight is 523 g/mol. The van der Waals surface area contributed by atoms with Crippen LogP contribution < -0.4 is 10.6 Å². The van der Waals surface area contributed by atoms with Gasteiger partial charge in [0, 0.05) is 38.4 Å². The molecule has 0 saturated carbocycles. The predicted molar refractivity (Wildman–Crippen MR) is 146 cm³/mol.